The van der Waals surface area contributed by atoms with Gasteiger partial charge in [0.15, 0.2) is 0 Å². The smallest absolute Gasteiger partial charge is 0.0227 e. The summed E-state index contributed by atoms with van der Waals surface area (Å²) in [6, 6.07) is 10.5. The second kappa shape index (κ2) is 16.5. The first kappa shape index (κ1) is 21.2. The van der Waals surface area contributed by atoms with Crippen LogP contribution >= 0.6 is 0 Å². The molecule has 0 unspecified atom stereocenters. The lowest BCUT2D eigenvalue weighted by Crippen LogP contribution is -2.10. The van der Waals surface area contributed by atoms with E-state index < -0.39 is 0 Å². The molecule has 0 heterocycles. The van der Waals surface area contributed by atoms with E-state index in [0.29, 0.717) is 0 Å². The fraction of sp³-hybridized carbons (Fsp3) is 0.714. The maximum Gasteiger partial charge on any atom is 0.0227 e. The second-order valence-electron chi connectivity index (χ2n) is 6.55. The van der Waals surface area contributed by atoms with Crippen LogP contribution < -0.4 is 0 Å². The standard InChI is InChI=1S/C12H26.C9H13N/c1-3-5-7-9-11-12-10-8-6-4-2;1-10(2)8-9-6-4-3-5-7-9/h3-12H2,1-2H3;3-7H,8H2,1-2H3. The molecule has 0 bridgehead atoms. The molecule has 0 fully saturated rings. The molecule has 0 aliphatic carbocycles. The number of benzene rings is 1. The Morgan fingerprint density at radius 3 is 1.41 bits per heavy atom. The highest BCUT2D eigenvalue weighted by Gasteiger charge is 1.91. The van der Waals surface area contributed by atoms with Gasteiger partial charge in [0.05, 0.1) is 0 Å². The second-order valence-corrected chi connectivity index (χ2v) is 6.55. The Morgan fingerprint density at radius 1 is 0.636 bits per heavy atom. The van der Waals surface area contributed by atoms with Crippen molar-refractivity contribution in [2.75, 3.05) is 14.1 Å². The van der Waals surface area contributed by atoms with Gasteiger partial charge in [0.2, 0.25) is 0 Å². The van der Waals surface area contributed by atoms with E-state index in [4.69, 9.17) is 0 Å². The molecule has 0 saturated carbocycles. The summed E-state index contributed by atoms with van der Waals surface area (Å²) in [5.74, 6) is 0. The Balaban J connectivity index is 0.000000406. The maximum absolute atomic E-state index is 2.28. The summed E-state index contributed by atoms with van der Waals surface area (Å²) in [4.78, 5) is 2.16. The van der Waals surface area contributed by atoms with Gasteiger partial charge in [-0.3, -0.25) is 0 Å². The molecule has 0 radical (unpaired) electrons. The number of unbranched alkanes of at least 4 members (excludes halogenated alkanes) is 9. The van der Waals surface area contributed by atoms with Crippen LogP contribution in [0.25, 0.3) is 0 Å². The van der Waals surface area contributed by atoms with E-state index in [9.17, 15) is 0 Å². The molecule has 0 aliphatic heterocycles. The summed E-state index contributed by atoms with van der Waals surface area (Å²) >= 11 is 0. The van der Waals surface area contributed by atoms with Crippen molar-refractivity contribution < 1.29 is 0 Å². The van der Waals surface area contributed by atoms with Gasteiger partial charge in [-0.1, -0.05) is 108 Å². The van der Waals surface area contributed by atoms with Crippen LogP contribution in [-0.4, -0.2) is 19.0 Å². The van der Waals surface area contributed by atoms with Gasteiger partial charge in [-0.25, -0.2) is 0 Å². The third-order valence-corrected chi connectivity index (χ3v) is 3.80. The molecule has 1 aromatic carbocycles. The van der Waals surface area contributed by atoms with Gasteiger partial charge < -0.3 is 4.90 Å². The summed E-state index contributed by atoms with van der Waals surface area (Å²) in [6.07, 6.45) is 14.4. The normalized spacial score (nSPS) is 10.4. The Labute approximate surface area is 140 Å². The average molecular weight is 306 g/mol. The predicted octanol–water partition coefficient (Wildman–Crippen LogP) is 6.68. The molecule has 1 rings (SSSR count). The van der Waals surface area contributed by atoms with Crippen LogP contribution in [0, 0.1) is 0 Å². The Kier molecular flexibility index (Phi) is 15.9. The van der Waals surface area contributed by atoms with E-state index in [2.05, 4.69) is 57.1 Å². The van der Waals surface area contributed by atoms with Crippen LogP contribution in [0.5, 0.6) is 0 Å². The van der Waals surface area contributed by atoms with Crippen LogP contribution in [0.4, 0.5) is 0 Å². The number of rotatable bonds is 11. The number of nitrogens with zero attached hydrogens (tertiary/aromatic N) is 1. The van der Waals surface area contributed by atoms with Crippen molar-refractivity contribution in [3.05, 3.63) is 35.9 Å². The first-order valence-electron chi connectivity index (χ1n) is 9.39. The summed E-state index contributed by atoms with van der Waals surface area (Å²) in [5, 5.41) is 0. The lowest BCUT2D eigenvalue weighted by molar-refractivity contribution is 0.402. The molecule has 22 heavy (non-hydrogen) atoms. The van der Waals surface area contributed by atoms with Crippen molar-refractivity contribution >= 4 is 0 Å². The molecule has 0 saturated heterocycles. The first-order valence-corrected chi connectivity index (χ1v) is 9.39. The van der Waals surface area contributed by atoms with E-state index in [1.807, 2.05) is 6.07 Å². The Morgan fingerprint density at radius 2 is 1.05 bits per heavy atom. The van der Waals surface area contributed by atoms with Crippen molar-refractivity contribution in [3.63, 3.8) is 0 Å². The van der Waals surface area contributed by atoms with Crippen molar-refractivity contribution in [3.8, 4) is 0 Å². The zero-order valence-corrected chi connectivity index (χ0v) is 15.6. The molecule has 128 valence electrons. The van der Waals surface area contributed by atoms with Gasteiger partial charge in [-0.2, -0.15) is 0 Å². The van der Waals surface area contributed by atoms with Crippen LogP contribution in [0.2, 0.25) is 0 Å². The van der Waals surface area contributed by atoms with E-state index in [0.717, 1.165) is 6.54 Å². The number of hydrogen-bond donors (Lipinski definition) is 0. The predicted molar refractivity (Wildman–Crippen MR) is 101 cm³/mol. The lowest BCUT2D eigenvalue weighted by atomic mass is 10.1. The fourth-order valence-electron chi connectivity index (χ4n) is 2.51. The van der Waals surface area contributed by atoms with Gasteiger partial charge in [0.25, 0.3) is 0 Å². The van der Waals surface area contributed by atoms with Crippen LogP contribution in [0.1, 0.15) is 83.6 Å². The van der Waals surface area contributed by atoms with Crippen molar-refractivity contribution in [2.24, 2.45) is 0 Å². The molecule has 0 atom stereocenters. The zero-order valence-electron chi connectivity index (χ0n) is 15.6. The van der Waals surface area contributed by atoms with Crippen LogP contribution in [0.3, 0.4) is 0 Å². The van der Waals surface area contributed by atoms with Gasteiger partial charge in [0, 0.05) is 6.54 Å². The highest BCUT2D eigenvalue weighted by Crippen LogP contribution is 2.09. The minimum absolute atomic E-state index is 1.03. The summed E-state index contributed by atoms with van der Waals surface area (Å²) in [5.41, 5.74) is 1.37. The van der Waals surface area contributed by atoms with Gasteiger partial charge in [-0.15, -0.1) is 0 Å². The molecule has 0 aliphatic rings. The maximum atomic E-state index is 2.28. The topological polar surface area (TPSA) is 3.24 Å². The average Bonchev–Trinajstić information content (AvgIpc) is 2.51. The molecule has 0 N–H and O–H groups in total. The molecule has 1 aromatic rings. The molecular formula is C21H39N. The largest absolute Gasteiger partial charge is 0.305 e. The van der Waals surface area contributed by atoms with Crippen LogP contribution in [-0.2, 0) is 6.54 Å². The summed E-state index contributed by atoms with van der Waals surface area (Å²) in [7, 11) is 4.15. The van der Waals surface area contributed by atoms with Crippen LogP contribution in [0.15, 0.2) is 30.3 Å². The highest BCUT2D eigenvalue weighted by atomic mass is 15.0. The van der Waals surface area contributed by atoms with E-state index in [-0.39, 0.29) is 0 Å². The molecule has 1 nitrogen and oxygen atoms in total. The molecule has 0 aromatic heterocycles. The summed E-state index contributed by atoms with van der Waals surface area (Å²) in [6.45, 7) is 5.59. The Hall–Kier alpha value is -0.820. The molecule has 1 heteroatoms. The molecule has 0 amide bonds. The van der Waals surface area contributed by atoms with E-state index in [1.54, 1.807) is 0 Å². The molecular weight excluding hydrogens is 266 g/mol. The monoisotopic (exact) mass is 305 g/mol. The zero-order chi connectivity index (χ0) is 16.5. The third kappa shape index (κ3) is 15.6. The van der Waals surface area contributed by atoms with E-state index >= 15 is 0 Å². The quantitative estimate of drug-likeness (QED) is 0.412. The SMILES string of the molecule is CCCCCCCCCCCC.CN(C)Cc1ccccc1. The van der Waals surface area contributed by atoms with E-state index in [1.165, 1.54) is 69.8 Å². The van der Waals surface area contributed by atoms with Gasteiger partial charge in [-0.05, 0) is 19.7 Å². The molecule has 0 spiro atoms. The van der Waals surface area contributed by atoms with Crippen molar-refractivity contribution in [1.29, 1.82) is 0 Å². The van der Waals surface area contributed by atoms with Crippen molar-refractivity contribution in [2.45, 2.75) is 84.6 Å². The van der Waals surface area contributed by atoms with Gasteiger partial charge >= 0.3 is 0 Å². The minimum Gasteiger partial charge on any atom is -0.305 e. The third-order valence-electron chi connectivity index (χ3n) is 3.80. The summed E-state index contributed by atoms with van der Waals surface area (Å²) < 4.78 is 0. The lowest BCUT2D eigenvalue weighted by Gasteiger charge is -2.08. The fourth-order valence-corrected chi connectivity index (χ4v) is 2.51. The minimum atomic E-state index is 1.03. The van der Waals surface area contributed by atoms with Crippen molar-refractivity contribution in [1.82, 2.24) is 4.90 Å². The van der Waals surface area contributed by atoms with Gasteiger partial charge in [0.1, 0.15) is 0 Å². The highest BCUT2D eigenvalue weighted by molar-refractivity contribution is 5.14. The first-order chi connectivity index (χ1) is 10.7. The Bertz CT molecular complexity index is 295. The number of hydrogen-bond acceptors (Lipinski definition) is 1.